The maximum Gasteiger partial charge on any atom is 0.336 e. The maximum atomic E-state index is 12.4. The van der Waals surface area contributed by atoms with Crippen LogP contribution in [0.15, 0.2) is 30.3 Å². The zero-order chi connectivity index (χ0) is 22.6. The van der Waals surface area contributed by atoms with Crippen molar-refractivity contribution >= 4 is 5.97 Å². The fourth-order valence-corrected chi connectivity index (χ4v) is 4.95. The molecular formula is C28H38O2. The van der Waals surface area contributed by atoms with Crippen molar-refractivity contribution < 1.29 is 9.90 Å². The minimum absolute atomic E-state index is 0.0567. The van der Waals surface area contributed by atoms with Crippen molar-refractivity contribution in [1.29, 1.82) is 0 Å². The lowest BCUT2D eigenvalue weighted by Crippen LogP contribution is -2.24. The summed E-state index contributed by atoms with van der Waals surface area (Å²) in [7, 11) is 0. The van der Waals surface area contributed by atoms with Gasteiger partial charge in [0.15, 0.2) is 0 Å². The highest BCUT2D eigenvalue weighted by Crippen LogP contribution is 2.46. The maximum absolute atomic E-state index is 12.4. The number of carbonyl (C=O) groups is 1. The highest BCUT2D eigenvalue weighted by Gasteiger charge is 2.32. The summed E-state index contributed by atoms with van der Waals surface area (Å²) < 4.78 is 0. The van der Waals surface area contributed by atoms with E-state index in [4.69, 9.17) is 0 Å². The summed E-state index contributed by atoms with van der Waals surface area (Å²) in [5, 5.41) is 10.2. The predicted octanol–water partition coefficient (Wildman–Crippen LogP) is 7.72. The molecule has 0 spiro atoms. The first-order valence-electron chi connectivity index (χ1n) is 11.2. The van der Waals surface area contributed by atoms with Crippen LogP contribution in [0.1, 0.15) is 107 Å². The molecule has 162 valence electrons. The second kappa shape index (κ2) is 7.25. The monoisotopic (exact) mass is 406 g/mol. The first-order valence-corrected chi connectivity index (χ1v) is 11.2. The number of hydrogen-bond donors (Lipinski definition) is 1. The average Bonchev–Trinajstić information content (AvgIpc) is 2.57. The standard InChI is InChI=1S/C28H38O2/c1-17-15-28(8,9)16-18-12-20(27(5,6)7)14-23(25(29)30)24(18)21-11-10-19(13-22(17)21)26(2,3)4/h10-14,17H,15-16H2,1-9H3,(H,29,30)/t17-/m0/s1. The highest BCUT2D eigenvalue weighted by molar-refractivity contribution is 5.98. The average molecular weight is 407 g/mol. The van der Waals surface area contributed by atoms with Crippen molar-refractivity contribution in [2.45, 2.75) is 91.9 Å². The van der Waals surface area contributed by atoms with E-state index in [1.54, 1.807) is 0 Å². The molecule has 0 amide bonds. The van der Waals surface area contributed by atoms with Crippen molar-refractivity contribution in [2.24, 2.45) is 5.41 Å². The number of rotatable bonds is 1. The van der Waals surface area contributed by atoms with Gasteiger partial charge >= 0.3 is 5.97 Å². The van der Waals surface area contributed by atoms with Gasteiger partial charge in [0.05, 0.1) is 5.56 Å². The Balaban J connectivity index is 2.42. The van der Waals surface area contributed by atoms with Crippen LogP contribution in [-0.4, -0.2) is 11.1 Å². The van der Waals surface area contributed by atoms with E-state index in [9.17, 15) is 9.90 Å². The van der Waals surface area contributed by atoms with Crippen LogP contribution in [0.2, 0.25) is 0 Å². The molecule has 2 aromatic rings. The molecule has 2 nitrogen and oxygen atoms in total. The first-order chi connectivity index (χ1) is 13.6. The summed E-state index contributed by atoms with van der Waals surface area (Å²) in [6.45, 7) is 20.1. The largest absolute Gasteiger partial charge is 0.478 e. The van der Waals surface area contributed by atoms with Crippen LogP contribution in [0.5, 0.6) is 0 Å². The number of hydrogen-bond acceptors (Lipinski definition) is 1. The van der Waals surface area contributed by atoms with E-state index in [2.05, 4.69) is 86.6 Å². The zero-order valence-electron chi connectivity index (χ0n) is 20.2. The van der Waals surface area contributed by atoms with Gasteiger partial charge in [-0.3, -0.25) is 0 Å². The summed E-state index contributed by atoms with van der Waals surface area (Å²) in [6, 6.07) is 10.9. The smallest absolute Gasteiger partial charge is 0.336 e. The van der Waals surface area contributed by atoms with Gasteiger partial charge < -0.3 is 5.11 Å². The van der Waals surface area contributed by atoms with Crippen molar-refractivity contribution in [1.82, 2.24) is 0 Å². The molecule has 2 heteroatoms. The van der Waals surface area contributed by atoms with E-state index >= 15 is 0 Å². The Hall–Kier alpha value is -2.09. The molecule has 0 saturated heterocycles. The van der Waals surface area contributed by atoms with Crippen molar-refractivity contribution in [2.75, 3.05) is 0 Å². The fraction of sp³-hybridized carbons (Fsp3) is 0.536. The van der Waals surface area contributed by atoms with Crippen LogP contribution >= 0.6 is 0 Å². The quantitative estimate of drug-likeness (QED) is 0.526. The lowest BCUT2D eigenvalue weighted by molar-refractivity contribution is 0.0697. The Morgan fingerprint density at radius 1 is 0.967 bits per heavy atom. The highest BCUT2D eigenvalue weighted by atomic mass is 16.4. The summed E-state index contributed by atoms with van der Waals surface area (Å²) in [6.07, 6.45) is 1.96. The number of carboxylic acids is 1. The van der Waals surface area contributed by atoms with Gasteiger partial charge in [-0.1, -0.05) is 86.6 Å². The molecule has 1 atom stereocenters. The number of aromatic carboxylic acids is 1. The van der Waals surface area contributed by atoms with E-state index in [1.807, 2.05) is 6.07 Å². The Morgan fingerprint density at radius 3 is 2.10 bits per heavy atom. The summed E-state index contributed by atoms with van der Waals surface area (Å²) >= 11 is 0. The fourth-order valence-electron chi connectivity index (χ4n) is 4.95. The Labute approximate surface area is 182 Å². The zero-order valence-corrected chi connectivity index (χ0v) is 20.2. The molecule has 1 aliphatic rings. The van der Waals surface area contributed by atoms with Crippen LogP contribution in [0.25, 0.3) is 11.1 Å². The van der Waals surface area contributed by atoms with Crippen LogP contribution in [0.3, 0.4) is 0 Å². The molecule has 0 aliphatic heterocycles. The van der Waals surface area contributed by atoms with E-state index in [0.29, 0.717) is 11.5 Å². The summed E-state index contributed by atoms with van der Waals surface area (Å²) in [5.74, 6) is -0.469. The second-order valence-corrected chi connectivity index (χ2v) is 12.1. The number of fused-ring (bicyclic) bond motifs is 3. The molecule has 30 heavy (non-hydrogen) atoms. The van der Waals surface area contributed by atoms with Gasteiger partial charge in [0.2, 0.25) is 0 Å². The minimum Gasteiger partial charge on any atom is -0.478 e. The summed E-state index contributed by atoms with van der Waals surface area (Å²) in [5.41, 5.74) is 7.35. The van der Waals surface area contributed by atoms with Crippen molar-refractivity contribution in [3.05, 3.63) is 58.1 Å². The van der Waals surface area contributed by atoms with E-state index < -0.39 is 5.97 Å². The second-order valence-electron chi connectivity index (χ2n) is 12.1. The summed E-state index contributed by atoms with van der Waals surface area (Å²) in [4.78, 5) is 12.4. The van der Waals surface area contributed by atoms with Crippen molar-refractivity contribution in [3.8, 4) is 11.1 Å². The van der Waals surface area contributed by atoms with E-state index in [1.165, 1.54) is 16.7 Å². The Morgan fingerprint density at radius 2 is 1.57 bits per heavy atom. The van der Waals surface area contributed by atoms with Gasteiger partial charge in [0.1, 0.15) is 0 Å². The molecule has 0 unspecified atom stereocenters. The van der Waals surface area contributed by atoms with Crippen LogP contribution in [0, 0.1) is 5.41 Å². The van der Waals surface area contributed by atoms with E-state index in [-0.39, 0.29) is 16.2 Å². The molecule has 3 rings (SSSR count). The van der Waals surface area contributed by atoms with Crippen LogP contribution < -0.4 is 0 Å². The first kappa shape index (κ1) is 22.6. The van der Waals surface area contributed by atoms with Gasteiger partial charge in [-0.2, -0.15) is 0 Å². The third kappa shape index (κ3) is 4.33. The predicted molar refractivity (Wildman–Crippen MR) is 127 cm³/mol. The molecular weight excluding hydrogens is 368 g/mol. The molecule has 0 saturated carbocycles. The van der Waals surface area contributed by atoms with Crippen LogP contribution in [0.4, 0.5) is 0 Å². The molecule has 0 fully saturated rings. The van der Waals surface area contributed by atoms with Gasteiger partial charge in [-0.25, -0.2) is 4.79 Å². The SMILES string of the molecule is C[C@H]1CC(C)(C)Cc2cc(C(C)(C)C)cc(C(=O)O)c2-c2ccc(C(C)(C)C)cc21. The van der Waals surface area contributed by atoms with Crippen LogP contribution in [-0.2, 0) is 17.3 Å². The number of benzene rings is 2. The molecule has 1 aliphatic carbocycles. The molecule has 0 radical (unpaired) electrons. The third-order valence-corrected chi connectivity index (χ3v) is 6.56. The van der Waals surface area contributed by atoms with Gasteiger partial charge in [0, 0.05) is 0 Å². The van der Waals surface area contributed by atoms with Crippen molar-refractivity contribution in [3.63, 3.8) is 0 Å². The molecule has 1 N–H and O–H groups in total. The Bertz CT molecular complexity index is 981. The molecule has 2 aromatic carbocycles. The molecule has 0 heterocycles. The third-order valence-electron chi connectivity index (χ3n) is 6.56. The minimum atomic E-state index is -0.839. The van der Waals surface area contributed by atoms with Gasteiger partial charge in [-0.15, -0.1) is 0 Å². The normalized spacial score (nSPS) is 18.8. The van der Waals surface area contributed by atoms with Gasteiger partial charge in [0.25, 0.3) is 0 Å². The lowest BCUT2D eigenvalue weighted by atomic mass is 9.69. The molecule has 0 aromatic heterocycles. The number of carboxylic acid groups (broad SMARTS) is 1. The van der Waals surface area contributed by atoms with E-state index in [0.717, 1.165) is 29.5 Å². The molecule has 0 bridgehead atoms. The van der Waals surface area contributed by atoms with Gasteiger partial charge in [-0.05, 0) is 74.5 Å². The topological polar surface area (TPSA) is 37.3 Å². The Kier molecular flexibility index (Phi) is 5.46. The lowest BCUT2D eigenvalue weighted by Gasteiger charge is -2.35.